The van der Waals surface area contributed by atoms with Crippen molar-refractivity contribution in [2.45, 2.75) is 45.4 Å². The summed E-state index contributed by atoms with van der Waals surface area (Å²) in [6.45, 7) is 2.69. The van der Waals surface area contributed by atoms with E-state index in [0.29, 0.717) is 36.6 Å². The second kappa shape index (κ2) is 10.2. The number of ether oxygens (including phenoxy) is 2. The molecule has 26 heavy (non-hydrogen) atoms. The Morgan fingerprint density at radius 1 is 1.08 bits per heavy atom. The van der Waals surface area contributed by atoms with Gasteiger partial charge in [0.1, 0.15) is 11.4 Å². The van der Waals surface area contributed by atoms with Gasteiger partial charge in [-0.1, -0.05) is 31.4 Å². The molecule has 0 unspecified atom stereocenters. The molecule has 6 heteroatoms. The van der Waals surface area contributed by atoms with Gasteiger partial charge in [0, 0.05) is 13.0 Å². The number of hydrogen-bond donors (Lipinski definition) is 0. The summed E-state index contributed by atoms with van der Waals surface area (Å²) in [6, 6.07) is 7.04. The van der Waals surface area contributed by atoms with Crippen LogP contribution in [-0.4, -0.2) is 35.9 Å². The van der Waals surface area contributed by atoms with Gasteiger partial charge in [0.05, 0.1) is 12.2 Å². The van der Waals surface area contributed by atoms with Gasteiger partial charge in [0.2, 0.25) is 0 Å². The maximum Gasteiger partial charge on any atom is 0.305 e. The molecule has 1 aromatic rings. The Hall–Kier alpha value is -2.81. The summed E-state index contributed by atoms with van der Waals surface area (Å²) in [7, 11) is 0. The van der Waals surface area contributed by atoms with E-state index >= 15 is 0 Å². The topological polar surface area (TPSA) is 72.9 Å². The van der Waals surface area contributed by atoms with Gasteiger partial charge in [0.25, 0.3) is 5.88 Å². The first-order valence-corrected chi connectivity index (χ1v) is 8.91. The molecular formula is C20H23NO5. The molecule has 1 aliphatic heterocycles. The van der Waals surface area contributed by atoms with Crippen LogP contribution in [-0.2, 0) is 19.1 Å². The number of benzene rings is 1. The number of esters is 1. The lowest BCUT2D eigenvalue weighted by molar-refractivity contribution is -0.143. The Bertz CT molecular complexity index is 729. The molecule has 0 amide bonds. The summed E-state index contributed by atoms with van der Waals surface area (Å²) in [4.78, 5) is 35.4. The van der Waals surface area contributed by atoms with E-state index in [1.54, 1.807) is 37.1 Å². The third kappa shape index (κ3) is 5.09. The maximum absolute atomic E-state index is 11.4. The number of carbonyl (C=O) groups excluding carboxylic acids is 3. The fourth-order valence-corrected chi connectivity index (χ4v) is 2.86. The van der Waals surface area contributed by atoms with E-state index in [4.69, 9.17) is 9.47 Å². The number of unbranched alkanes of at least 4 members (excludes halogenated alkanes) is 4. The maximum atomic E-state index is 11.4. The van der Waals surface area contributed by atoms with Crippen LogP contribution in [0.25, 0.3) is 5.70 Å². The minimum atomic E-state index is -0.154. The van der Waals surface area contributed by atoms with Gasteiger partial charge in [0.15, 0.2) is 11.9 Å². The average Bonchev–Trinajstić information content (AvgIpc) is 2.66. The predicted octanol–water partition coefficient (Wildman–Crippen LogP) is 3.13. The number of rotatable bonds is 9. The van der Waals surface area contributed by atoms with Crippen molar-refractivity contribution in [2.24, 2.45) is 0 Å². The van der Waals surface area contributed by atoms with Gasteiger partial charge in [-0.3, -0.25) is 9.69 Å². The molecule has 0 aliphatic carbocycles. The molecule has 1 aliphatic rings. The van der Waals surface area contributed by atoms with E-state index in [9.17, 15) is 14.4 Å². The lowest BCUT2D eigenvalue weighted by Crippen LogP contribution is -2.30. The Morgan fingerprint density at radius 2 is 1.81 bits per heavy atom. The molecule has 0 atom stereocenters. The molecule has 2 rings (SSSR count). The smallest absolute Gasteiger partial charge is 0.305 e. The van der Waals surface area contributed by atoms with Crippen LogP contribution in [0.1, 0.15) is 51.0 Å². The van der Waals surface area contributed by atoms with E-state index in [0.717, 1.165) is 32.1 Å². The van der Waals surface area contributed by atoms with Gasteiger partial charge >= 0.3 is 5.97 Å². The SMILES string of the molecule is CCOC(=O)CCCCCCCN1C(=C=O)Oc2ccccc2C1=C=O. The summed E-state index contributed by atoms with van der Waals surface area (Å²) in [5.41, 5.74) is 0.920. The summed E-state index contributed by atoms with van der Waals surface area (Å²) in [5, 5.41) is 0. The van der Waals surface area contributed by atoms with Crippen molar-refractivity contribution in [1.82, 2.24) is 4.90 Å². The van der Waals surface area contributed by atoms with Gasteiger partial charge in [-0.25, -0.2) is 9.59 Å². The largest absolute Gasteiger partial charge is 0.466 e. The van der Waals surface area contributed by atoms with E-state index in [1.165, 1.54) is 4.90 Å². The van der Waals surface area contributed by atoms with E-state index < -0.39 is 0 Å². The standard InChI is InChI=1S/C20H23NO5/c1-2-25-20(24)12-6-4-3-5-9-13-21-17(14-22)16-10-7-8-11-18(16)26-19(21)15-23/h7-8,10-11H,2-6,9,12-13H2,1H3. The fraction of sp³-hybridized carbons (Fsp3) is 0.450. The van der Waals surface area contributed by atoms with Crippen molar-refractivity contribution >= 4 is 23.5 Å². The zero-order chi connectivity index (χ0) is 18.8. The quantitative estimate of drug-likeness (QED) is 0.384. The highest BCUT2D eigenvalue weighted by atomic mass is 16.5. The molecular weight excluding hydrogens is 334 g/mol. The number of nitrogens with zero attached hydrogens (tertiary/aromatic N) is 1. The first-order chi connectivity index (χ1) is 12.7. The number of carbonyl (C=O) groups is 1. The van der Waals surface area contributed by atoms with Crippen LogP contribution in [0.2, 0.25) is 0 Å². The summed E-state index contributed by atoms with van der Waals surface area (Å²) in [6.07, 6.45) is 4.84. The van der Waals surface area contributed by atoms with Crippen molar-refractivity contribution in [3.63, 3.8) is 0 Å². The zero-order valence-corrected chi connectivity index (χ0v) is 15.0. The van der Waals surface area contributed by atoms with E-state index in [-0.39, 0.29) is 11.9 Å². The van der Waals surface area contributed by atoms with Crippen molar-refractivity contribution in [2.75, 3.05) is 13.2 Å². The van der Waals surface area contributed by atoms with Crippen molar-refractivity contribution in [1.29, 1.82) is 0 Å². The molecule has 0 N–H and O–H groups in total. The Morgan fingerprint density at radius 3 is 2.54 bits per heavy atom. The predicted molar refractivity (Wildman–Crippen MR) is 96.4 cm³/mol. The number of fused-ring (bicyclic) bond motifs is 1. The summed E-state index contributed by atoms with van der Waals surface area (Å²) >= 11 is 0. The number of hydrogen-bond acceptors (Lipinski definition) is 6. The molecule has 1 aromatic carbocycles. The summed E-state index contributed by atoms with van der Waals surface area (Å²) < 4.78 is 10.4. The molecule has 0 spiro atoms. The van der Waals surface area contributed by atoms with Crippen molar-refractivity contribution in [3.05, 3.63) is 35.7 Å². The van der Waals surface area contributed by atoms with Crippen LogP contribution in [0.4, 0.5) is 0 Å². The first kappa shape index (κ1) is 19.5. The molecule has 1 heterocycles. The highest BCUT2D eigenvalue weighted by Crippen LogP contribution is 2.35. The molecule has 0 aromatic heterocycles. The third-order valence-corrected chi connectivity index (χ3v) is 4.12. The van der Waals surface area contributed by atoms with Crippen LogP contribution < -0.4 is 4.74 Å². The van der Waals surface area contributed by atoms with Crippen LogP contribution in [0.5, 0.6) is 5.75 Å². The molecule has 0 bridgehead atoms. The van der Waals surface area contributed by atoms with Crippen LogP contribution >= 0.6 is 0 Å². The molecule has 138 valence electrons. The van der Waals surface area contributed by atoms with E-state index in [2.05, 4.69) is 0 Å². The highest BCUT2D eigenvalue weighted by molar-refractivity contribution is 5.91. The number of para-hydroxylation sites is 1. The Kier molecular flexibility index (Phi) is 7.69. The monoisotopic (exact) mass is 357 g/mol. The van der Waals surface area contributed by atoms with Crippen LogP contribution in [0.3, 0.4) is 0 Å². The van der Waals surface area contributed by atoms with Gasteiger partial charge in [-0.2, -0.15) is 0 Å². The van der Waals surface area contributed by atoms with Crippen LogP contribution in [0, 0.1) is 0 Å². The zero-order valence-electron chi connectivity index (χ0n) is 15.0. The lowest BCUT2D eigenvalue weighted by Gasteiger charge is -2.30. The second-order valence-electron chi connectivity index (χ2n) is 5.93. The highest BCUT2D eigenvalue weighted by Gasteiger charge is 2.28. The third-order valence-electron chi connectivity index (χ3n) is 4.12. The lowest BCUT2D eigenvalue weighted by atomic mass is 10.1. The van der Waals surface area contributed by atoms with E-state index in [1.807, 2.05) is 5.94 Å². The minimum absolute atomic E-state index is 0.00985. The van der Waals surface area contributed by atoms with Gasteiger partial charge in [-0.15, -0.1) is 0 Å². The first-order valence-electron chi connectivity index (χ1n) is 8.91. The molecule has 0 saturated heterocycles. The van der Waals surface area contributed by atoms with Gasteiger partial charge < -0.3 is 9.47 Å². The molecule has 0 fully saturated rings. The molecule has 6 nitrogen and oxygen atoms in total. The Balaban J connectivity index is 1.82. The Labute approximate surface area is 153 Å². The molecule has 0 radical (unpaired) electrons. The van der Waals surface area contributed by atoms with Crippen LogP contribution in [0.15, 0.2) is 30.1 Å². The van der Waals surface area contributed by atoms with Crippen molar-refractivity contribution < 1.29 is 23.9 Å². The normalized spacial score (nSPS) is 12.7. The van der Waals surface area contributed by atoms with Gasteiger partial charge in [-0.05, 0) is 31.9 Å². The minimum Gasteiger partial charge on any atom is -0.466 e. The molecule has 0 saturated carbocycles. The summed E-state index contributed by atoms with van der Waals surface area (Å²) in [5.74, 6) is 3.98. The fourth-order valence-electron chi connectivity index (χ4n) is 2.86. The second-order valence-corrected chi connectivity index (χ2v) is 5.93. The van der Waals surface area contributed by atoms with Crippen molar-refractivity contribution in [3.8, 4) is 5.75 Å². The average molecular weight is 357 g/mol.